The van der Waals surface area contributed by atoms with Gasteiger partial charge in [-0.15, -0.1) is 0 Å². The SMILES string of the molecule is COCCCCNC(=O)c1cccc(S(=O)(=O)Cl)c1. The normalized spacial score (nSPS) is 11.3. The van der Waals surface area contributed by atoms with E-state index in [4.69, 9.17) is 15.4 Å². The highest BCUT2D eigenvalue weighted by atomic mass is 35.7. The molecule has 1 aromatic rings. The van der Waals surface area contributed by atoms with E-state index in [1.165, 1.54) is 24.3 Å². The number of unbranched alkanes of at least 4 members (excludes halogenated alkanes) is 1. The molecule has 0 heterocycles. The molecule has 19 heavy (non-hydrogen) atoms. The van der Waals surface area contributed by atoms with Gasteiger partial charge < -0.3 is 10.1 Å². The average molecular weight is 306 g/mol. The monoisotopic (exact) mass is 305 g/mol. The molecule has 7 heteroatoms. The van der Waals surface area contributed by atoms with Crippen molar-refractivity contribution < 1.29 is 17.9 Å². The zero-order valence-electron chi connectivity index (χ0n) is 10.6. The molecule has 0 unspecified atom stereocenters. The molecule has 0 fully saturated rings. The summed E-state index contributed by atoms with van der Waals surface area (Å²) in [7, 11) is 3.03. The zero-order chi connectivity index (χ0) is 14.3. The Hall–Kier alpha value is -1.11. The van der Waals surface area contributed by atoms with Crippen molar-refractivity contribution in [2.45, 2.75) is 17.7 Å². The van der Waals surface area contributed by atoms with Crippen LogP contribution >= 0.6 is 10.7 Å². The second-order valence-corrected chi connectivity index (χ2v) is 6.49. The third-order valence-corrected chi connectivity index (χ3v) is 3.79. The Morgan fingerprint density at radius 2 is 2.11 bits per heavy atom. The molecular weight excluding hydrogens is 290 g/mol. The first-order chi connectivity index (χ1) is 8.95. The zero-order valence-corrected chi connectivity index (χ0v) is 12.1. The number of hydrogen-bond acceptors (Lipinski definition) is 4. The van der Waals surface area contributed by atoms with Crippen molar-refractivity contribution in [1.29, 1.82) is 0 Å². The van der Waals surface area contributed by atoms with Crippen LogP contribution in [-0.2, 0) is 13.8 Å². The predicted molar refractivity (Wildman–Crippen MR) is 72.9 cm³/mol. The van der Waals surface area contributed by atoms with Crippen molar-refractivity contribution in [3.05, 3.63) is 29.8 Å². The van der Waals surface area contributed by atoms with Crippen LogP contribution in [0.3, 0.4) is 0 Å². The number of methoxy groups -OCH3 is 1. The Morgan fingerprint density at radius 3 is 2.74 bits per heavy atom. The minimum atomic E-state index is -3.82. The molecule has 0 aliphatic carbocycles. The molecule has 0 aliphatic rings. The molecule has 0 aliphatic heterocycles. The predicted octanol–water partition coefficient (Wildman–Crippen LogP) is 1.77. The fourth-order valence-corrected chi connectivity index (χ4v) is 2.26. The van der Waals surface area contributed by atoms with Gasteiger partial charge in [0.25, 0.3) is 15.0 Å². The lowest BCUT2D eigenvalue weighted by Gasteiger charge is -2.06. The molecule has 0 aromatic heterocycles. The highest BCUT2D eigenvalue weighted by molar-refractivity contribution is 8.13. The van der Waals surface area contributed by atoms with Crippen LogP contribution < -0.4 is 5.32 Å². The Kier molecular flexibility index (Phi) is 6.27. The van der Waals surface area contributed by atoms with Crippen molar-refractivity contribution in [1.82, 2.24) is 5.32 Å². The van der Waals surface area contributed by atoms with E-state index in [0.717, 1.165) is 12.8 Å². The summed E-state index contributed by atoms with van der Waals surface area (Å²) in [6.45, 7) is 1.16. The van der Waals surface area contributed by atoms with Gasteiger partial charge in [-0.2, -0.15) is 0 Å². The average Bonchev–Trinajstić information content (AvgIpc) is 2.37. The van der Waals surface area contributed by atoms with Crippen LogP contribution in [0.5, 0.6) is 0 Å². The topological polar surface area (TPSA) is 72.5 Å². The van der Waals surface area contributed by atoms with Crippen LogP contribution in [0.15, 0.2) is 29.2 Å². The first kappa shape index (κ1) is 15.9. The molecular formula is C12H16ClNO4S. The van der Waals surface area contributed by atoms with Crippen LogP contribution in [0.4, 0.5) is 0 Å². The van der Waals surface area contributed by atoms with Crippen molar-refractivity contribution in [3.63, 3.8) is 0 Å². The second kappa shape index (κ2) is 7.47. The van der Waals surface area contributed by atoms with Crippen molar-refractivity contribution in [3.8, 4) is 0 Å². The maximum Gasteiger partial charge on any atom is 0.261 e. The summed E-state index contributed by atoms with van der Waals surface area (Å²) in [4.78, 5) is 11.7. The number of ether oxygens (including phenoxy) is 1. The fraction of sp³-hybridized carbons (Fsp3) is 0.417. The number of carbonyl (C=O) groups excluding carboxylic acids is 1. The fourth-order valence-electron chi connectivity index (χ4n) is 1.46. The third kappa shape index (κ3) is 5.59. The molecule has 5 nitrogen and oxygen atoms in total. The molecule has 0 spiro atoms. The van der Waals surface area contributed by atoms with Crippen LogP contribution in [-0.4, -0.2) is 34.6 Å². The van der Waals surface area contributed by atoms with E-state index in [1.54, 1.807) is 7.11 Å². The summed E-state index contributed by atoms with van der Waals surface area (Å²) in [5.74, 6) is -0.320. The molecule has 0 saturated carbocycles. The summed E-state index contributed by atoms with van der Waals surface area (Å²) in [6.07, 6.45) is 1.65. The van der Waals surface area contributed by atoms with E-state index in [2.05, 4.69) is 5.32 Å². The number of benzene rings is 1. The van der Waals surface area contributed by atoms with Gasteiger partial charge in [-0.25, -0.2) is 8.42 Å². The second-order valence-electron chi connectivity index (χ2n) is 3.92. The van der Waals surface area contributed by atoms with Gasteiger partial charge in [0.1, 0.15) is 0 Å². The Morgan fingerprint density at radius 1 is 1.37 bits per heavy atom. The number of halogens is 1. The minimum absolute atomic E-state index is 0.0822. The maximum absolute atomic E-state index is 11.8. The lowest BCUT2D eigenvalue weighted by atomic mass is 10.2. The molecule has 0 saturated heterocycles. The molecule has 1 N–H and O–H groups in total. The highest BCUT2D eigenvalue weighted by Gasteiger charge is 2.12. The highest BCUT2D eigenvalue weighted by Crippen LogP contribution is 2.16. The van der Waals surface area contributed by atoms with Crippen LogP contribution in [0.2, 0.25) is 0 Å². The first-order valence-electron chi connectivity index (χ1n) is 5.77. The Balaban J connectivity index is 2.58. The van der Waals surface area contributed by atoms with Crippen molar-refractivity contribution in [2.24, 2.45) is 0 Å². The van der Waals surface area contributed by atoms with Gasteiger partial charge in [0.05, 0.1) is 4.90 Å². The molecule has 0 radical (unpaired) electrons. The van der Waals surface area contributed by atoms with Gasteiger partial charge in [-0.1, -0.05) is 6.07 Å². The largest absolute Gasteiger partial charge is 0.385 e. The lowest BCUT2D eigenvalue weighted by molar-refractivity contribution is 0.0951. The number of amides is 1. The van der Waals surface area contributed by atoms with E-state index in [9.17, 15) is 13.2 Å². The van der Waals surface area contributed by atoms with Crippen molar-refractivity contribution >= 4 is 25.6 Å². The van der Waals surface area contributed by atoms with E-state index in [-0.39, 0.29) is 16.4 Å². The van der Waals surface area contributed by atoms with Crippen LogP contribution in [0.1, 0.15) is 23.2 Å². The maximum atomic E-state index is 11.8. The first-order valence-corrected chi connectivity index (χ1v) is 8.08. The van der Waals surface area contributed by atoms with Gasteiger partial charge in [-0.3, -0.25) is 4.79 Å². The van der Waals surface area contributed by atoms with Gasteiger partial charge in [-0.05, 0) is 31.0 Å². The Bertz CT molecular complexity index is 530. The number of nitrogens with one attached hydrogen (secondary N) is 1. The standard InChI is InChI=1S/C12H16ClNO4S/c1-18-8-3-2-7-14-12(15)10-5-4-6-11(9-10)19(13,16)17/h4-6,9H,2-3,7-8H2,1H3,(H,14,15). The van der Waals surface area contributed by atoms with Gasteiger partial charge in [0.2, 0.25) is 0 Å². The minimum Gasteiger partial charge on any atom is -0.385 e. The summed E-state index contributed by atoms with van der Waals surface area (Å²) in [6, 6.07) is 5.62. The van der Waals surface area contributed by atoms with Crippen LogP contribution in [0, 0.1) is 0 Å². The van der Waals surface area contributed by atoms with Gasteiger partial charge in [0, 0.05) is 36.5 Å². The van der Waals surface area contributed by atoms with Gasteiger partial charge in [0.15, 0.2) is 0 Å². The summed E-state index contributed by atoms with van der Waals surface area (Å²) in [5, 5.41) is 2.70. The molecule has 0 bridgehead atoms. The Labute approximate surface area is 117 Å². The summed E-state index contributed by atoms with van der Waals surface area (Å²) >= 11 is 0. The summed E-state index contributed by atoms with van der Waals surface area (Å²) < 4.78 is 27.2. The van der Waals surface area contributed by atoms with Crippen molar-refractivity contribution in [2.75, 3.05) is 20.3 Å². The number of hydrogen-bond donors (Lipinski definition) is 1. The molecule has 0 atom stereocenters. The number of carbonyl (C=O) groups is 1. The molecule has 1 amide bonds. The van der Waals surface area contributed by atoms with Gasteiger partial charge >= 0.3 is 0 Å². The third-order valence-electron chi connectivity index (χ3n) is 2.44. The molecule has 1 rings (SSSR count). The lowest BCUT2D eigenvalue weighted by Crippen LogP contribution is -2.24. The number of rotatable bonds is 7. The quantitative estimate of drug-likeness (QED) is 0.615. The molecule has 106 valence electrons. The smallest absolute Gasteiger partial charge is 0.261 e. The van der Waals surface area contributed by atoms with E-state index in [0.29, 0.717) is 13.2 Å². The van der Waals surface area contributed by atoms with E-state index in [1.807, 2.05) is 0 Å². The molecule has 1 aromatic carbocycles. The van der Waals surface area contributed by atoms with E-state index < -0.39 is 9.05 Å². The van der Waals surface area contributed by atoms with Crippen LogP contribution in [0.25, 0.3) is 0 Å². The summed E-state index contributed by atoms with van der Waals surface area (Å²) in [5.41, 5.74) is 0.272. The van der Waals surface area contributed by atoms with E-state index >= 15 is 0 Å².